The fraction of sp³-hybridized carbons (Fsp3) is 0.500. The molecule has 0 spiro atoms. The Morgan fingerprint density at radius 3 is 2.24 bits per heavy atom. The maximum absolute atomic E-state index is 12.6. The molecule has 33 heavy (non-hydrogen) atoms. The first kappa shape index (κ1) is 26.7. The van der Waals surface area contributed by atoms with Crippen molar-refractivity contribution in [2.75, 3.05) is 24.2 Å². The third-order valence-corrected chi connectivity index (χ3v) is 7.08. The zero-order valence-electron chi connectivity index (χ0n) is 20.9. The molecule has 0 aliphatic carbocycles. The number of aryl methyl sites for hydroxylation is 2. The van der Waals surface area contributed by atoms with Crippen molar-refractivity contribution in [1.29, 1.82) is 0 Å². The van der Waals surface area contributed by atoms with E-state index in [0.717, 1.165) is 34.4 Å². The van der Waals surface area contributed by atoms with E-state index in [9.17, 15) is 13.2 Å². The Kier molecular flexibility index (Phi) is 9.35. The molecule has 0 saturated carbocycles. The van der Waals surface area contributed by atoms with E-state index in [-0.39, 0.29) is 24.9 Å². The van der Waals surface area contributed by atoms with Crippen LogP contribution in [0.15, 0.2) is 36.4 Å². The quantitative estimate of drug-likeness (QED) is 0.491. The summed E-state index contributed by atoms with van der Waals surface area (Å²) in [5.74, 6) is 1.06. The molecule has 182 valence electrons. The van der Waals surface area contributed by atoms with Crippen molar-refractivity contribution in [3.05, 3.63) is 58.7 Å². The first-order chi connectivity index (χ1) is 15.5. The molecular formula is C26H38N2O4S. The van der Waals surface area contributed by atoms with E-state index in [1.807, 2.05) is 44.2 Å². The van der Waals surface area contributed by atoms with Crippen LogP contribution in [0.25, 0.3) is 0 Å². The van der Waals surface area contributed by atoms with Gasteiger partial charge < -0.3 is 10.1 Å². The van der Waals surface area contributed by atoms with Crippen molar-refractivity contribution in [2.45, 2.75) is 65.8 Å². The number of amides is 1. The Balaban J connectivity index is 2.03. The van der Waals surface area contributed by atoms with E-state index in [1.165, 1.54) is 10.6 Å². The van der Waals surface area contributed by atoms with Crippen LogP contribution in [0.2, 0.25) is 0 Å². The van der Waals surface area contributed by atoms with Gasteiger partial charge in [-0.3, -0.25) is 9.10 Å². The van der Waals surface area contributed by atoms with E-state index in [2.05, 4.69) is 32.2 Å². The average molecular weight is 475 g/mol. The van der Waals surface area contributed by atoms with Gasteiger partial charge in [-0.1, -0.05) is 32.9 Å². The summed E-state index contributed by atoms with van der Waals surface area (Å²) in [6.07, 6.45) is 2.76. The van der Waals surface area contributed by atoms with Crippen LogP contribution in [-0.2, 0) is 21.2 Å². The summed E-state index contributed by atoms with van der Waals surface area (Å²) in [4.78, 5) is 12.6. The van der Waals surface area contributed by atoms with Gasteiger partial charge in [0.2, 0.25) is 15.9 Å². The maximum atomic E-state index is 12.6. The molecule has 0 radical (unpaired) electrons. The normalized spacial score (nSPS) is 12.5. The number of nitrogens with one attached hydrogen (secondary N) is 1. The number of sulfonamides is 1. The summed E-state index contributed by atoms with van der Waals surface area (Å²) in [5.41, 5.74) is 5.00. The van der Waals surface area contributed by atoms with Gasteiger partial charge >= 0.3 is 0 Å². The van der Waals surface area contributed by atoms with Gasteiger partial charge in [-0.25, -0.2) is 8.42 Å². The van der Waals surface area contributed by atoms with Crippen molar-refractivity contribution >= 4 is 21.6 Å². The summed E-state index contributed by atoms with van der Waals surface area (Å²) >= 11 is 0. The number of hydrogen-bond acceptors (Lipinski definition) is 4. The van der Waals surface area contributed by atoms with Gasteiger partial charge in [-0.05, 0) is 79.1 Å². The van der Waals surface area contributed by atoms with E-state index < -0.39 is 10.0 Å². The van der Waals surface area contributed by atoms with E-state index in [0.29, 0.717) is 18.0 Å². The Labute approximate surface area is 199 Å². The summed E-state index contributed by atoms with van der Waals surface area (Å²) in [5, 5.41) is 3.06. The molecule has 2 rings (SSSR count). The largest absolute Gasteiger partial charge is 0.496 e. The maximum Gasteiger partial charge on any atom is 0.232 e. The van der Waals surface area contributed by atoms with Crippen LogP contribution in [0.5, 0.6) is 5.75 Å². The Bertz CT molecular complexity index is 1050. The lowest BCUT2D eigenvalue weighted by Crippen LogP contribution is -2.32. The number of hydrogen-bond donors (Lipinski definition) is 1. The van der Waals surface area contributed by atoms with Crippen LogP contribution in [0.1, 0.15) is 74.8 Å². The van der Waals surface area contributed by atoms with Gasteiger partial charge in [0.05, 0.1) is 25.1 Å². The molecule has 0 bridgehead atoms. The smallest absolute Gasteiger partial charge is 0.232 e. The van der Waals surface area contributed by atoms with Crippen molar-refractivity contribution in [1.82, 2.24) is 5.32 Å². The van der Waals surface area contributed by atoms with Gasteiger partial charge in [0, 0.05) is 13.0 Å². The van der Waals surface area contributed by atoms with Crippen LogP contribution in [0, 0.1) is 6.92 Å². The average Bonchev–Trinajstić information content (AvgIpc) is 2.75. The number of nitrogens with zero attached hydrogens (tertiary/aromatic N) is 1. The predicted octanol–water partition coefficient (Wildman–Crippen LogP) is 5.11. The number of carbonyl (C=O) groups excluding carboxylic acids is 1. The molecule has 0 saturated heterocycles. The molecule has 1 N–H and O–H groups in total. The molecule has 0 fully saturated rings. The summed E-state index contributed by atoms with van der Waals surface area (Å²) in [6.45, 7) is 10.5. The number of carbonyl (C=O) groups is 1. The molecule has 6 nitrogen and oxygen atoms in total. The molecule has 2 aromatic rings. The second-order valence-electron chi connectivity index (χ2n) is 8.85. The lowest BCUT2D eigenvalue weighted by Gasteiger charge is -2.23. The standard InChI is InChI=1S/C26H38N2O4S/c1-8-21-11-13-22(14-12-21)28(33(7,30)31)15-9-10-26(29)27-20(5)24-17-23(18(2)3)25(32-6)16-19(24)4/h11-14,16-18,20H,8-10,15H2,1-7H3,(H,27,29). The van der Waals surface area contributed by atoms with E-state index in [1.54, 1.807) is 7.11 Å². The van der Waals surface area contributed by atoms with Crippen molar-refractivity contribution in [3.8, 4) is 5.75 Å². The van der Waals surface area contributed by atoms with Crippen LogP contribution in [-0.4, -0.2) is 34.2 Å². The second-order valence-corrected chi connectivity index (χ2v) is 10.8. The number of rotatable bonds is 11. The van der Waals surface area contributed by atoms with Crippen LogP contribution < -0.4 is 14.4 Å². The van der Waals surface area contributed by atoms with Crippen LogP contribution in [0.3, 0.4) is 0 Å². The monoisotopic (exact) mass is 474 g/mol. The lowest BCUT2D eigenvalue weighted by molar-refractivity contribution is -0.121. The highest BCUT2D eigenvalue weighted by Gasteiger charge is 2.19. The zero-order chi connectivity index (χ0) is 24.8. The van der Waals surface area contributed by atoms with Crippen molar-refractivity contribution < 1.29 is 17.9 Å². The fourth-order valence-corrected chi connectivity index (χ4v) is 4.93. The molecule has 7 heteroatoms. The summed E-state index contributed by atoms with van der Waals surface area (Å²) in [7, 11) is -1.77. The third kappa shape index (κ3) is 7.22. The minimum absolute atomic E-state index is 0.0985. The SMILES string of the molecule is CCc1ccc(N(CCCC(=O)NC(C)c2cc(C(C)C)c(OC)cc2C)S(C)(=O)=O)cc1. The molecule has 1 atom stereocenters. The number of anilines is 1. The summed E-state index contributed by atoms with van der Waals surface area (Å²) in [6, 6.07) is 11.5. The van der Waals surface area contributed by atoms with Gasteiger partial charge in [0.25, 0.3) is 0 Å². The minimum atomic E-state index is -3.44. The molecule has 1 amide bonds. The Hall–Kier alpha value is -2.54. The van der Waals surface area contributed by atoms with Crippen LogP contribution in [0.4, 0.5) is 5.69 Å². The van der Waals surface area contributed by atoms with Gasteiger partial charge in [0.1, 0.15) is 5.75 Å². The van der Waals surface area contributed by atoms with E-state index >= 15 is 0 Å². The van der Waals surface area contributed by atoms with Gasteiger partial charge in [0.15, 0.2) is 0 Å². The highest BCUT2D eigenvalue weighted by molar-refractivity contribution is 7.92. The first-order valence-electron chi connectivity index (χ1n) is 11.5. The topological polar surface area (TPSA) is 75.7 Å². The van der Waals surface area contributed by atoms with Crippen LogP contribution >= 0.6 is 0 Å². The second kappa shape index (κ2) is 11.5. The highest BCUT2D eigenvalue weighted by atomic mass is 32.2. The summed E-state index contributed by atoms with van der Waals surface area (Å²) < 4.78 is 31.5. The molecule has 0 aromatic heterocycles. The van der Waals surface area contributed by atoms with Crippen molar-refractivity contribution in [3.63, 3.8) is 0 Å². The fourth-order valence-electron chi connectivity index (χ4n) is 3.97. The molecule has 0 aliphatic heterocycles. The molecule has 1 unspecified atom stereocenters. The molecular weight excluding hydrogens is 436 g/mol. The minimum Gasteiger partial charge on any atom is -0.496 e. The van der Waals surface area contributed by atoms with Crippen molar-refractivity contribution in [2.24, 2.45) is 0 Å². The zero-order valence-corrected chi connectivity index (χ0v) is 21.8. The third-order valence-electron chi connectivity index (χ3n) is 5.88. The lowest BCUT2D eigenvalue weighted by atomic mass is 9.93. The molecule has 0 aliphatic rings. The highest BCUT2D eigenvalue weighted by Crippen LogP contribution is 2.32. The van der Waals surface area contributed by atoms with Gasteiger partial charge in [-0.15, -0.1) is 0 Å². The first-order valence-corrected chi connectivity index (χ1v) is 13.4. The number of methoxy groups -OCH3 is 1. The number of ether oxygens (including phenoxy) is 1. The predicted molar refractivity (Wildman–Crippen MR) is 136 cm³/mol. The van der Waals surface area contributed by atoms with E-state index in [4.69, 9.17) is 4.74 Å². The van der Waals surface area contributed by atoms with Gasteiger partial charge in [-0.2, -0.15) is 0 Å². The molecule has 0 heterocycles. The molecule has 2 aromatic carbocycles. The number of benzene rings is 2. The Morgan fingerprint density at radius 1 is 1.09 bits per heavy atom. The Morgan fingerprint density at radius 2 is 1.73 bits per heavy atom.